The van der Waals surface area contributed by atoms with Crippen molar-refractivity contribution in [3.8, 4) is 0 Å². The maximum absolute atomic E-state index is 11.9. The smallest absolute Gasteiger partial charge is 0.369 e. The third kappa shape index (κ3) is 1.76. The summed E-state index contributed by atoms with van der Waals surface area (Å²) in [5.74, 6) is -2.04. The van der Waals surface area contributed by atoms with Gasteiger partial charge in [0.05, 0.1) is 6.20 Å². The molecule has 0 radical (unpaired) electrons. The van der Waals surface area contributed by atoms with E-state index in [1.807, 2.05) is 0 Å². The highest BCUT2D eigenvalue weighted by Crippen LogP contribution is 2.17. The van der Waals surface area contributed by atoms with Crippen molar-refractivity contribution in [1.82, 2.24) is 19.7 Å². The first-order chi connectivity index (χ1) is 9.58. The second kappa shape index (κ2) is 4.30. The molecule has 0 bridgehead atoms. The predicted octanol–water partition coefficient (Wildman–Crippen LogP) is -0.468. The first-order valence-electron chi connectivity index (χ1n) is 5.74. The largest absolute Gasteiger partial charge is 0.383 e. The Labute approximate surface area is 111 Å². The Bertz CT molecular complexity index is 721. The van der Waals surface area contributed by atoms with Crippen LogP contribution in [0.25, 0.3) is 5.65 Å². The van der Waals surface area contributed by atoms with Crippen molar-refractivity contribution >= 4 is 29.2 Å². The van der Waals surface area contributed by atoms with Crippen molar-refractivity contribution in [2.24, 2.45) is 0 Å². The maximum atomic E-state index is 11.9. The number of aromatic nitrogens is 3. The highest BCUT2D eigenvalue weighted by molar-refractivity contribution is 6.03. The van der Waals surface area contributed by atoms with Gasteiger partial charge in [-0.15, -0.1) is 5.06 Å². The maximum Gasteiger partial charge on any atom is 0.369 e. The van der Waals surface area contributed by atoms with Crippen LogP contribution >= 0.6 is 0 Å². The lowest BCUT2D eigenvalue weighted by Crippen LogP contribution is -2.32. The van der Waals surface area contributed by atoms with Gasteiger partial charge in [-0.05, 0) is 0 Å². The van der Waals surface area contributed by atoms with Crippen LogP contribution in [0.1, 0.15) is 23.2 Å². The number of nitrogens with zero attached hydrogens (tertiary/aromatic N) is 4. The van der Waals surface area contributed by atoms with E-state index >= 15 is 0 Å². The summed E-state index contributed by atoms with van der Waals surface area (Å²) in [6.45, 7) is 0. The average molecular weight is 275 g/mol. The number of hydroxylamine groups is 2. The second-order valence-corrected chi connectivity index (χ2v) is 4.12. The number of imide groups is 1. The van der Waals surface area contributed by atoms with Gasteiger partial charge in [-0.1, -0.05) is 0 Å². The number of carbonyl (C=O) groups is 3. The van der Waals surface area contributed by atoms with Crippen LogP contribution in [0.5, 0.6) is 0 Å². The van der Waals surface area contributed by atoms with Crippen LogP contribution < -0.4 is 5.73 Å². The van der Waals surface area contributed by atoms with Gasteiger partial charge < -0.3 is 10.6 Å². The first kappa shape index (κ1) is 12.1. The number of hydrogen-bond donors (Lipinski definition) is 1. The fourth-order valence-electron chi connectivity index (χ4n) is 1.84. The van der Waals surface area contributed by atoms with Gasteiger partial charge in [0.15, 0.2) is 5.65 Å². The molecule has 1 aliphatic heterocycles. The molecule has 1 aliphatic rings. The van der Waals surface area contributed by atoms with E-state index in [2.05, 4.69) is 10.1 Å². The molecule has 2 aromatic heterocycles. The SMILES string of the molecule is Nc1c(C(=O)ON2C(=O)CCC2=O)cnc2ccnn12. The van der Waals surface area contributed by atoms with Gasteiger partial charge >= 0.3 is 5.97 Å². The van der Waals surface area contributed by atoms with Crippen molar-refractivity contribution in [3.05, 3.63) is 24.0 Å². The molecule has 2 N–H and O–H groups in total. The van der Waals surface area contributed by atoms with Gasteiger partial charge in [0, 0.05) is 25.1 Å². The molecule has 3 heterocycles. The van der Waals surface area contributed by atoms with Gasteiger partial charge in [-0.3, -0.25) is 9.59 Å². The molecule has 0 aromatic carbocycles. The summed E-state index contributed by atoms with van der Waals surface area (Å²) in [7, 11) is 0. The van der Waals surface area contributed by atoms with E-state index < -0.39 is 17.8 Å². The highest BCUT2D eigenvalue weighted by atomic mass is 16.7. The van der Waals surface area contributed by atoms with Gasteiger partial charge in [-0.2, -0.15) is 9.61 Å². The molecule has 9 heteroatoms. The Morgan fingerprint density at radius 3 is 2.70 bits per heavy atom. The normalized spacial score (nSPS) is 15.1. The van der Waals surface area contributed by atoms with Gasteiger partial charge in [-0.25, -0.2) is 9.78 Å². The number of fused-ring (bicyclic) bond motifs is 1. The first-order valence-corrected chi connectivity index (χ1v) is 5.74. The summed E-state index contributed by atoms with van der Waals surface area (Å²) in [5.41, 5.74) is 6.17. The molecule has 9 nitrogen and oxygen atoms in total. The Morgan fingerprint density at radius 2 is 2.00 bits per heavy atom. The minimum absolute atomic E-state index is 0.0177. The Hall–Kier alpha value is -2.97. The van der Waals surface area contributed by atoms with Gasteiger partial charge in [0.25, 0.3) is 11.8 Å². The molecule has 20 heavy (non-hydrogen) atoms. The van der Waals surface area contributed by atoms with E-state index in [9.17, 15) is 14.4 Å². The predicted molar refractivity (Wildman–Crippen MR) is 63.9 cm³/mol. The molecular weight excluding hydrogens is 266 g/mol. The lowest BCUT2D eigenvalue weighted by molar-refractivity contribution is -0.172. The molecule has 0 unspecified atom stereocenters. The summed E-state index contributed by atoms with van der Waals surface area (Å²) in [6.07, 6.45) is 2.73. The third-order valence-corrected chi connectivity index (χ3v) is 2.85. The molecule has 2 aromatic rings. The Balaban J connectivity index is 1.91. The fraction of sp³-hybridized carbons (Fsp3) is 0.182. The quantitative estimate of drug-likeness (QED) is 0.735. The van der Waals surface area contributed by atoms with E-state index in [0.29, 0.717) is 10.7 Å². The zero-order valence-electron chi connectivity index (χ0n) is 10.1. The van der Waals surface area contributed by atoms with Gasteiger partial charge in [0.1, 0.15) is 11.4 Å². The standard InChI is InChI=1S/C11H9N5O4/c12-10-6(5-13-7-3-4-14-15(7)10)11(19)20-16-8(17)1-2-9(16)18/h3-5H,1-2,12H2. The summed E-state index contributed by atoms with van der Waals surface area (Å²) in [5, 5.41) is 4.35. The molecule has 3 rings (SSSR count). The minimum atomic E-state index is -0.934. The zero-order valence-corrected chi connectivity index (χ0v) is 10.1. The second-order valence-electron chi connectivity index (χ2n) is 4.12. The topological polar surface area (TPSA) is 120 Å². The van der Waals surface area contributed by atoms with Gasteiger partial charge in [0.2, 0.25) is 0 Å². The van der Waals surface area contributed by atoms with Crippen molar-refractivity contribution in [1.29, 1.82) is 0 Å². The summed E-state index contributed by atoms with van der Waals surface area (Å²) < 4.78 is 1.25. The van der Waals surface area contributed by atoms with Crippen molar-refractivity contribution in [2.75, 3.05) is 5.73 Å². The van der Waals surface area contributed by atoms with Crippen molar-refractivity contribution < 1.29 is 19.2 Å². The van der Waals surface area contributed by atoms with Crippen LogP contribution in [0.4, 0.5) is 5.82 Å². The number of rotatable bonds is 2. The number of anilines is 1. The molecule has 2 amide bonds. The van der Waals surface area contributed by atoms with E-state index in [1.165, 1.54) is 16.9 Å². The zero-order chi connectivity index (χ0) is 14.3. The number of amides is 2. The Morgan fingerprint density at radius 1 is 1.30 bits per heavy atom. The lowest BCUT2D eigenvalue weighted by atomic mass is 10.3. The summed E-state index contributed by atoms with van der Waals surface area (Å²) in [4.78, 5) is 43.4. The van der Waals surface area contributed by atoms with Crippen molar-refractivity contribution in [2.45, 2.75) is 12.8 Å². The molecule has 0 saturated carbocycles. The number of nitrogen functional groups attached to an aromatic ring is 1. The number of carbonyl (C=O) groups excluding carboxylic acids is 3. The van der Waals surface area contributed by atoms with Crippen LogP contribution in [-0.4, -0.2) is 37.4 Å². The molecule has 1 fully saturated rings. The average Bonchev–Trinajstić information content (AvgIpc) is 3.01. The van der Waals surface area contributed by atoms with Crippen LogP contribution in [0.3, 0.4) is 0 Å². The number of nitrogens with two attached hydrogens (primary N) is 1. The van der Waals surface area contributed by atoms with E-state index in [-0.39, 0.29) is 24.2 Å². The third-order valence-electron chi connectivity index (χ3n) is 2.85. The molecule has 0 atom stereocenters. The van der Waals surface area contributed by atoms with E-state index in [0.717, 1.165) is 0 Å². The van der Waals surface area contributed by atoms with E-state index in [1.54, 1.807) is 6.07 Å². The lowest BCUT2D eigenvalue weighted by Gasteiger charge is -2.13. The molecule has 1 saturated heterocycles. The minimum Gasteiger partial charge on any atom is -0.383 e. The van der Waals surface area contributed by atoms with Crippen molar-refractivity contribution in [3.63, 3.8) is 0 Å². The van der Waals surface area contributed by atoms with Crippen LogP contribution in [-0.2, 0) is 14.4 Å². The molecular formula is C11H9N5O4. The van der Waals surface area contributed by atoms with E-state index in [4.69, 9.17) is 10.6 Å². The van der Waals surface area contributed by atoms with Crippen LogP contribution in [0.15, 0.2) is 18.5 Å². The monoisotopic (exact) mass is 275 g/mol. The van der Waals surface area contributed by atoms with Crippen LogP contribution in [0, 0.1) is 0 Å². The summed E-state index contributed by atoms with van der Waals surface area (Å²) >= 11 is 0. The molecule has 102 valence electrons. The molecule has 0 aliphatic carbocycles. The summed E-state index contributed by atoms with van der Waals surface area (Å²) in [6, 6.07) is 1.61. The number of hydrogen-bond acceptors (Lipinski definition) is 7. The fourth-order valence-corrected chi connectivity index (χ4v) is 1.84. The molecule has 0 spiro atoms. The highest BCUT2D eigenvalue weighted by Gasteiger charge is 2.33. The van der Waals surface area contributed by atoms with Crippen LogP contribution in [0.2, 0.25) is 0 Å². The Kier molecular flexibility index (Phi) is 2.60.